The van der Waals surface area contributed by atoms with Gasteiger partial charge in [0.1, 0.15) is 12.7 Å². The first-order valence-corrected chi connectivity index (χ1v) is 11.4. The number of amides is 1. The van der Waals surface area contributed by atoms with Crippen LogP contribution in [0.5, 0.6) is 0 Å². The Morgan fingerprint density at radius 2 is 1.88 bits per heavy atom. The maximum absolute atomic E-state index is 12.9. The molecule has 34 heavy (non-hydrogen) atoms. The first-order chi connectivity index (χ1) is 16.3. The second-order valence-corrected chi connectivity index (χ2v) is 8.63. The van der Waals surface area contributed by atoms with Gasteiger partial charge in [0.2, 0.25) is 5.91 Å². The largest absolute Gasteiger partial charge is 0.335 e. The minimum atomic E-state index is -0.0907. The van der Waals surface area contributed by atoms with Gasteiger partial charge in [0.15, 0.2) is 0 Å². The summed E-state index contributed by atoms with van der Waals surface area (Å²) < 4.78 is 3.62. The summed E-state index contributed by atoms with van der Waals surface area (Å²) in [4.78, 5) is 18.6. The van der Waals surface area contributed by atoms with Crippen LogP contribution in [0, 0.1) is 13.8 Å². The molecule has 7 nitrogen and oxygen atoms in total. The highest BCUT2D eigenvalue weighted by Gasteiger charge is 2.17. The number of rotatable bonds is 7. The average Bonchev–Trinajstić information content (AvgIpc) is 3.47. The van der Waals surface area contributed by atoms with Crippen LogP contribution in [0.2, 0.25) is 5.02 Å². The topological polar surface area (TPSA) is 68.8 Å². The molecule has 174 valence electrons. The van der Waals surface area contributed by atoms with Crippen molar-refractivity contribution in [3.8, 4) is 5.69 Å². The zero-order valence-electron chi connectivity index (χ0n) is 19.7. The third-order valence-electron chi connectivity index (χ3n) is 6.10. The number of nitrogens with zero attached hydrogens (tertiary/aromatic N) is 6. The van der Waals surface area contributed by atoms with Crippen molar-refractivity contribution in [2.75, 3.05) is 7.05 Å². The van der Waals surface area contributed by atoms with Gasteiger partial charge in [-0.2, -0.15) is 10.2 Å². The van der Waals surface area contributed by atoms with Crippen molar-refractivity contribution in [2.24, 2.45) is 0 Å². The Morgan fingerprint density at radius 3 is 2.56 bits per heavy atom. The highest BCUT2D eigenvalue weighted by molar-refractivity contribution is 6.31. The van der Waals surface area contributed by atoms with E-state index in [0.717, 1.165) is 33.8 Å². The fourth-order valence-corrected chi connectivity index (χ4v) is 4.02. The molecule has 8 heteroatoms. The van der Waals surface area contributed by atoms with E-state index in [1.54, 1.807) is 22.0 Å². The van der Waals surface area contributed by atoms with E-state index in [1.807, 2.05) is 87.1 Å². The first-order valence-electron chi connectivity index (χ1n) is 11.0. The van der Waals surface area contributed by atoms with E-state index in [0.29, 0.717) is 11.6 Å². The zero-order chi connectivity index (χ0) is 24.2. The van der Waals surface area contributed by atoms with Crippen LogP contribution in [-0.4, -0.2) is 42.4 Å². The average molecular weight is 475 g/mol. The van der Waals surface area contributed by atoms with E-state index >= 15 is 0 Å². The third kappa shape index (κ3) is 4.94. The molecule has 0 bridgehead atoms. The van der Waals surface area contributed by atoms with E-state index in [2.05, 4.69) is 15.2 Å². The zero-order valence-corrected chi connectivity index (χ0v) is 20.4. The number of carbonyl (C=O) groups excluding carboxylic acids is 1. The van der Waals surface area contributed by atoms with Crippen molar-refractivity contribution in [3.05, 3.63) is 100 Å². The lowest BCUT2D eigenvalue weighted by Gasteiger charge is -2.24. The number of carbonyl (C=O) groups is 1. The smallest absolute Gasteiger partial charge is 0.246 e. The van der Waals surface area contributed by atoms with Crippen LogP contribution in [0.4, 0.5) is 0 Å². The van der Waals surface area contributed by atoms with Crippen LogP contribution >= 0.6 is 11.6 Å². The molecule has 4 rings (SSSR count). The molecule has 0 saturated heterocycles. The number of halogens is 1. The molecule has 0 radical (unpaired) electrons. The van der Waals surface area contributed by atoms with Gasteiger partial charge in [0, 0.05) is 29.4 Å². The Kier molecular flexibility index (Phi) is 6.93. The highest BCUT2D eigenvalue weighted by Crippen LogP contribution is 2.23. The van der Waals surface area contributed by atoms with Gasteiger partial charge in [-0.15, -0.1) is 0 Å². The van der Waals surface area contributed by atoms with Crippen molar-refractivity contribution in [3.63, 3.8) is 0 Å². The molecule has 2 aromatic heterocycles. The molecule has 2 aromatic carbocycles. The van der Waals surface area contributed by atoms with Crippen LogP contribution in [-0.2, 0) is 11.3 Å². The number of benzene rings is 2. The van der Waals surface area contributed by atoms with Crippen molar-refractivity contribution in [1.29, 1.82) is 0 Å². The highest BCUT2D eigenvalue weighted by atomic mass is 35.5. The van der Waals surface area contributed by atoms with Crippen molar-refractivity contribution in [1.82, 2.24) is 29.4 Å². The first kappa shape index (κ1) is 23.4. The molecule has 1 amide bonds. The fourth-order valence-electron chi connectivity index (χ4n) is 3.83. The standard InChI is InChI=1S/C26H27ClN6O/c1-18-24(20(3)32(30-18)15-22-7-5-6-8-25(22)27)13-14-26(34)31(4)19(2)21-9-11-23(12-10-21)33-17-28-16-29-33/h5-14,16-17,19H,15H2,1-4H3/b14-13+. The van der Waals surface area contributed by atoms with Crippen LogP contribution in [0.15, 0.2) is 67.3 Å². The number of aromatic nitrogens is 5. The second-order valence-electron chi connectivity index (χ2n) is 8.22. The van der Waals surface area contributed by atoms with Gasteiger partial charge in [-0.3, -0.25) is 9.48 Å². The third-order valence-corrected chi connectivity index (χ3v) is 6.46. The molecule has 0 aliphatic carbocycles. The quantitative estimate of drug-likeness (QED) is 0.353. The number of aryl methyl sites for hydroxylation is 1. The maximum Gasteiger partial charge on any atom is 0.246 e. The number of hydrogen-bond acceptors (Lipinski definition) is 4. The summed E-state index contributed by atoms with van der Waals surface area (Å²) in [6.45, 7) is 6.54. The summed E-state index contributed by atoms with van der Waals surface area (Å²) in [5.74, 6) is -0.0782. The Balaban J connectivity index is 1.45. The predicted octanol–water partition coefficient (Wildman–Crippen LogP) is 5.02. The summed E-state index contributed by atoms with van der Waals surface area (Å²) in [6.07, 6.45) is 6.61. The monoisotopic (exact) mass is 474 g/mol. The Hall–Kier alpha value is -3.71. The van der Waals surface area contributed by atoms with Gasteiger partial charge in [-0.25, -0.2) is 9.67 Å². The molecule has 4 aromatic rings. The van der Waals surface area contributed by atoms with Crippen LogP contribution in [0.3, 0.4) is 0 Å². The molecular formula is C26H27ClN6O. The molecule has 0 fully saturated rings. The molecule has 0 N–H and O–H groups in total. The molecule has 1 unspecified atom stereocenters. The Labute approximate surface area is 204 Å². The minimum Gasteiger partial charge on any atom is -0.335 e. The summed E-state index contributed by atoms with van der Waals surface area (Å²) >= 11 is 6.31. The minimum absolute atomic E-state index is 0.0782. The van der Waals surface area contributed by atoms with Gasteiger partial charge in [0.05, 0.1) is 24.0 Å². The molecule has 0 saturated carbocycles. The molecule has 2 heterocycles. The molecule has 0 aliphatic heterocycles. The second kappa shape index (κ2) is 10.1. The van der Waals surface area contributed by atoms with E-state index in [9.17, 15) is 4.79 Å². The van der Waals surface area contributed by atoms with E-state index < -0.39 is 0 Å². The molecule has 1 atom stereocenters. The lowest BCUT2D eigenvalue weighted by Crippen LogP contribution is -2.28. The van der Waals surface area contributed by atoms with Gasteiger partial charge in [-0.1, -0.05) is 41.9 Å². The Bertz CT molecular complexity index is 1310. The van der Waals surface area contributed by atoms with Crippen molar-refractivity contribution in [2.45, 2.75) is 33.4 Å². The van der Waals surface area contributed by atoms with Gasteiger partial charge in [-0.05, 0) is 56.2 Å². The van der Waals surface area contributed by atoms with E-state index in [-0.39, 0.29) is 11.9 Å². The lowest BCUT2D eigenvalue weighted by molar-refractivity contribution is -0.126. The van der Waals surface area contributed by atoms with E-state index in [4.69, 9.17) is 11.6 Å². The summed E-state index contributed by atoms with van der Waals surface area (Å²) in [5.41, 5.74) is 5.76. The molecule has 0 spiro atoms. The number of hydrogen-bond donors (Lipinski definition) is 0. The van der Waals surface area contributed by atoms with Crippen LogP contribution in [0.1, 0.15) is 41.0 Å². The molecular weight excluding hydrogens is 448 g/mol. The summed E-state index contributed by atoms with van der Waals surface area (Å²) in [7, 11) is 1.81. The van der Waals surface area contributed by atoms with Gasteiger partial charge in [0.25, 0.3) is 0 Å². The van der Waals surface area contributed by atoms with Crippen molar-refractivity contribution >= 4 is 23.6 Å². The fraction of sp³-hybridized carbons (Fsp3) is 0.231. The lowest BCUT2D eigenvalue weighted by atomic mass is 10.1. The van der Waals surface area contributed by atoms with Crippen LogP contribution in [0.25, 0.3) is 11.8 Å². The normalized spacial score (nSPS) is 12.3. The summed E-state index contributed by atoms with van der Waals surface area (Å²) in [6, 6.07) is 15.6. The van der Waals surface area contributed by atoms with Crippen LogP contribution < -0.4 is 0 Å². The predicted molar refractivity (Wildman–Crippen MR) is 134 cm³/mol. The van der Waals surface area contributed by atoms with Gasteiger partial charge < -0.3 is 4.90 Å². The molecule has 0 aliphatic rings. The maximum atomic E-state index is 12.9. The summed E-state index contributed by atoms with van der Waals surface area (Å²) in [5, 5.41) is 9.51. The Morgan fingerprint density at radius 1 is 1.15 bits per heavy atom. The van der Waals surface area contributed by atoms with Gasteiger partial charge >= 0.3 is 0 Å². The van der Waals surface area contributed by atoms with E-state index in [1.165, 1.54) is 6.33 Å². The number of likely N-dealkylation sites (N-methyl/N-ethyl adjacent to an activating group) is 1. The van der Waals surface area contributed by atoms with Crippen molar-refractivity contribution < 1.29 is 4.79 Å². The SMILES string of the molecule is Cc1nn(Cc2ccccc2Cl)c(C)c1/C=C/C(=O)N(C)C(C)c1ccc(-n2cncn2)cc1.